The van der Waals surface area contributed by atoms with Crippen LogP contribution in [0.15, 0.2) is 36.4 Å². The Balaban J connectivity index is 2.25. The summed E-state index contributed by atoms with van der Waals surface area (Å²) in [7, 11) is 0. The smallest absolute Gasteiger partial charge is 0.163 e. The number of hydrogen-bond donors (Lipinski definition) is 0. The standard InChI is InChI=1S/C17H19FO/c1-12(2)6-5-9-17(19)15-10-11-16(18)14-8-4-3-7-13(14)15/h3-4,7-8,10-12H,5-6,9H2,1-2H3. The van der Waals surface area contributed by atoms with E-state index in [1.54, 1.807) is 18.2 Å². The van der Waals surface area contributed by atoms with Crippen LogP contribution < -0.4 is 0 Å². The molecule has 2 heteroatoms. The second-order valence-corrected chi connectivity index (χ2v) is 5.35. The fourth-order valence-electron chi connectivity index (χ4n) is 2.31. The SMILES string of the molecule is CC(C)CCCC(=O)c1ccc(F)c2ccccc12. The van der Waals surface area contributed by atoms with Gasteiger partial charge in [0.1, 0.15) is 5.82 Å². The van der Waals surface area contributed by atoms with Gasteiger partial charge in [0, 0.05) is 17.4 Å². The molecule has 0 heterocycles. The van der Waals surface area contributed by atoms with Crippen LogP contribution in [0, 0.1) is 11.7 Å². The van der Waals surface area contributed by atoms with E-state index in [0.29, 0.717) is 23.3 Å². The summed E-state index contributed by atoms with van der Waals surface area (Å²) in [4.78, 5) is 12.2. The molecule has 0 fully saturated rings. The van der Waals surface area contributed by atoms with Gasteiger partial charge in [-0.2, -0.15) is 0 Å². The van der Waals surface area contributed by atoms with Crippen molar-refractivity contribution < 1.29 is 9.18 Å². The monoisotopic (exact) mass is 258 g/mol. The van der Waals surface area contributed by atoms with E-state index in [-0.39, 0.29) is 11.6 Å². The topological polar surface area (TPSA) is 17.1 Å². The molecule has 0 aliphatic heterocycles. The van der Waals surface area contributed by atoms with Crippen molar-refractivity contribution in [1.29, 1.82) is 0 Å². The lowest BCUT2D eigenvalue weighted by Crippen LogP contribution is -2.01. The first-order valence-corrected chi connectivity index (χ1v) is 6.80. The second kappa shape index (κ2) is 5.96. The minimum atomic E-state index is -0.269. The molecule has 0 spiro atoms. The van der Waals surface area contributed by atoms with Crippen molar-refractivity contribution in [3.05, 3.63) is 47.8 Å². The largest absolute Gasteiger partial charge is 0.294 e. The number of benzene rings is 2. The maximum atomic E-state index is 13.7. The number of halogens is 1. The maximum absolute atomic E-state index is 13.7. The van der Waals surface area contributed by atoms with Gasteiger partial charge in [-0.3, -0.25) is 4.79 Å². The number of hydrogen-bond acceptors (Lipinski definition) is 1. The van der Waals surface area contributed by atoms with Crippen molar-refractivity contribution in [2.75, 3.05) is 0 Å². The Kier molecular flexibility index (Phi) is 4.31. The van der Waals surface area contributed by atoms with Crippen LogP contribution >= 0.6 is 0 Å². The zero-order valence-electron chi connectivity index (χ0n) is 11.4. The Labute approximate surface area is 113 Å². The summed E-state index contributed by atoms with van der Waals surface area (Å²) >= 11 is 0. The van der Waals surface area contributed by atoms with Gasteiger partial charge in [0.05, 0.1) is 0 Å². The molecule has 1 nitrogen and oxygen atoms in total. The summed E-state index contributed by atoms with van der Waals surface area (Å²) in [6.45, 7) is 4.30. The van der Waals surface area contributed by atoms with Gasteiger partial charge in [-0.1, -0.05) is 44.5 Å². The van der Waals surface area contributed by atoms with Gasteiger partial charge in [-0.15, -0.1) is 0 Å². The molecule has 0 bridgehead atoms. The highest BCUT2D eigenvalue weighted by Gasteiger charge is 2.12. The third-order valence-electron chi connectivity index (χ3n) is 3.36. The first-order chi connectivity index (χ1) is 9.09. The van der Waals surface area contributed by atoms with Crippen LogP contribution in [-0.4, -0.2) is 5.78 Å². The molecule has 0 amide bonds. The molecule has 0 unspecified atom stereocenters. The molecule has 0 saturated heterocycles. The highest BCUT2D eigenvalue weighted by molar-refractivity contribution is 6.08. The number of carbonyl (C=O) groups excluding carboxylic acids is 1. The van der Waals surface area contributed by atoms with Crippen molar-refractivity contribution in [3.8, 4) is 0 Å². The third-order valence-corrected chi connectivity index (χ3v) is 3.36. The van der Waals surface area contributed by atoms with Gasteiger partial charge in [0.2, 0.25) is 0 Å². The summed E-state index contributed by atoms with van der Waals surface area (Å²) in [5, 5.41) is 1.24. The normalized spacial score (nSPS) is 11.2. The van der Waals surface area contributed by atoms with Crippen LogP contribution in [-0.2, 0) is 0 Å². The molecular formula is C17H19FO. The number of carbonyl (C=O) groups is 1. The molecule has 2 aromatic rings. The Morgan fingerprint density at radius 3 is 2.47 bits per heavy atom. The number of rotatable bonds is 5. The minimum Gasteiger partial charge on any atom is -0.294 e. The van der Waals surface area contributed by atoms with E-state index in [2.05, 4.69) is 13.8 Å². The lowest BCUT2D eigenvalue weighted by Gasteiger charge is -2.07. The quantitative estimate of drug-likeness (QED) is 0.691. The van der Waals surface area contributed by atoms with Gasteiger partial charge in [0.25, 0.3) is 0 Å². The Morgan fingerprint density at radius 2 is 1.79 bits per heavy atom. The average molecular weight is 258 g/mol. The molecule has 2 rings (SSSR count). The van der Waals surface area contributed by atoms with E-state index < -0.39 is 0 Å². The summed E-state index contributed by atoms with van der Waals surface area (Å²) in [6.07, 6.45) is 2.47. The van der Waals surface area contributed by atoms with Crippen LogP contribution in [0.2, 0.25) is 0 Å². The Bertz CT molecular complexity index is 587. The number of ketones is 1. The predicted molar refractivity (Wildman–Crippen MR) is 76.9 cm³/mol. The minimum absolute atomic E-state index is 0.108. The van der Waals surface area contributed by atoms with Gasteiger partial charge in [-0.05, 0) is 29.9 Å². The molecule has 0 aromatic heterocycles. The third kappa shape index (κ3) is 3.19. The zero-order valence-corrected chi connectivity index (χ0v) is 11.4. The summed E-state index contributed by atoms with van der Waals surface area (Å²) in [5.41, 5.74) is 0.640. The highest BCUT2D eigenvalue weighted by atomic mass is 19.1. The fourth-order valence-corrected chi connectivity index (χ4v) is 2.31. The van der Waals surface area contributed by atoms with Crippen LogP contribution in [0.25, 0.3) is 10.8 Å². The first-order valence-electron chi connectivity index (χ1n) is 6.80. The lowest BCUT2D eigenvalue weighted by molar-refractivity contribution is 0.0980. The average Bonchev–Trinajstić information content (AvgIpc) is 2.39. The van der Waals surface area contributed by atoms with Crippen LogP contribution in [0.1, 0.15) is 43.5 Å². The summed E-state index contributed by atoms with van der Waals surface area (Å²) < 4.78 is 13.7. The van der Waals surface area contributed by atoms with Gasteiger partial charge in [0.15, 0.2) is 5.78 Å². The first kappa shape index (κ1) is 13.7. The lowest BCUT2D eigenvalue weighted by atomic mass is 9.97. The number of fused-ring (bicyclic) bond motifs is 1. The maximum Gasteiger partial charge on any atom is 0.163 e. The fraction of sp³-hybridized carbons (Fsp3) is 0.353. The van der Waals surface area contributed by atoms with Crippen molar-refractivity contribution in [2.24, 2.45) is 5.92 Å². The molecule has 0 N–H and O–H groups in total. The predicted octanol–water partition coefficient (Wildman–Crippen LogP) is 4.99. The van der Waals surface area contributed by atoms with Crippen molar-refractivity contribution in [2.45, 2.75) is 33.1 Å². The Morgan fingerprint density at radius 1 is 1.11 bits per heavy atom. The van der Waals surface area contributed by atoms with E-state index in [1.165, 1.54) is 6.07 Å². The van der Waals surface area contributed by atoms with E-state index >= 15 is 0 Å². The molecule has 19 heavy (non-hydrogen) atoms. The van der Waals surface area contributed by atoms with E-state index in [4.69, 9.17) is 0 Å². The van der Waals surface area contributed by atoms with Crippen LogP contribution in [0.3, 0.4) is 0 Å². The van der Waals surface area contributed by atoms with Crippen LogP contribution in [0.4, 0.5) is 4.39 Å². The highest BCUT2D eigenvalue weighted by Crippen LogP contribution is 2.23. The molecule has 0 atom stereocenters. The van der Waals surface area contributed by atoms with Gasteiger partial charge in [-0.25, -0.2) is 4.39 Å². The molecular weight excluding hydrogens is 239 g/mol. The molecule has 2 aromatic carbocycles. The van der Waals surface area contributed by atoms with Crippen LogP contribution in [0.5, 0.6) is 0 Å². The Hall–Kier alpha value is -1.70. The molecule has 0 aliphatic rings. The van der Waals surface area contributed by atoms with Gasteiger partial charge < -0.3 is 0 Å². The van der Waals surface area contributed by atoms with Crippen molar-refractivity contribution in [1.82, 2.24) is 0 Å². The number of Topliss-reactive ketones (excluding diaryl/α,β-unsaturated/α-hetero) is 1. The summed E-state index contributed by atoms with van der Waals surface area (Å²) in [5.74, 6) is 0.448. The molecule has 0 saturated carbocycles. The van der Waals surface area contributed by atoms with Gasteiger partial charge >= 0.3 is 0 Å². The molecule has 0 aliphatic carbocycles. The summed E-state index contributed by atoms with van der Waals surface area (Å²) in [6, 6.07) is 10.2. The second-order valence-electron chi connectivity index (χ2n) is 5.35. The van der Waals surface area contributed by atoms with Crippen molar-refractivity contribution in [3.63, 3.8) is 0 Å². The van der Waals surface area contributed by atoms with E-state index in [9.17, 15) is 9.18 Å². The molecule has 100 valence electrons. The molecule has 0 radical (unpaired) electrons. The van der Waals surface area contributed by atoms with Crippen molar-refractivity contribution >= 4 is 16.6 Å². The van der Waals surface area contributed by atoms with E-state index in [1.807, 2.05) is 12.1 Å². The zero-order chi connectivity index (χ0) is 13.8. The van der Waals surface area contributed by atoms with E-state index in [0.717, 1.165) is 18.2 Å².